The summed E-state index contributed by atoms with van der Waals surface area (Å²) >= 11 is 1.86. The first-order valence-corrected chi connectivity index (χ1v) is 10.3. The molecule has 0 amide bonds. The van der Waals surface area contributed by atoms with Crippen LogP contribution in [0.4, 0.5) is 5.13 Å². The topological polar surface area (TPSA) is 31.8 Å². The zero-order valence-corrected chi connectivity index (χ0v) is 16.5. The van der Waals surface area contributed by atoms with Gasteiger partial charge >= 0.3 is 0 Å². The molecule has 0 aliphatic carbocycles. The number of benzene rings is 1. The lowest BCUT2D eigenvalue weighted by Crippen LogP contribution is -2.46. The van der Waals surface area contributed by atoms with Gasteiger partial charge in [-0.05, 0) is 19.5 Å². The van der Waals surface area contributed by atoms with Gasteiger partial charge in [-0.1, -0.05) is 30.3 Å². The highest BCUT2D eigenvalue weighted by Crippen LogP contribution is 2.32. The molecule has 2 aromatic rings. The summed E-state index contributed by atoms with van der Waals surface area (Å²) in [7, 11) is 2.22. The molecule has 0 bridgehead atoms. The van der Waals surface area contributed by atoms with E-state index in [0.29, 0.717) is 6.04 Å². The molecule has 4 rings (SSSR count). The number of rotatable bonds is 4. The van der Waals surface area contributed by atoms with Gasteiger partial charge in [-0.3, -0.25) is 4.90 Å². The van der Waals surface area contributed by atoms with Gasteiger partial charge in [0.15, 0.2) is 5.13 Å². The third-order valence-electron chi connectivity index (χ3n) is 5.39. The minimum absolute atomic E-state index is 0.447. The van der Waals surface area contributed by atoms with Gasteiger partial charge in [-0.15, -0.1) is 11.3 Å². The Bertz CT molecular complexity index is 714. The first kappa shape index (κ1) is 17.9. The molecule has 1 aromatic heterocycles. The quantitative estimate of drug-likeness (QED) is 0.824. The summed E-state index contributed by atoms with van der Waals surface area (Å²) in [4.78, 5) is 13.7. The fourth-order valence-electron chi connectivity index (χ4n) is 3.77. The van der Waals surface area contributed by atoms with Gasteiger partial charge in [-0.2, -0.15) is 0 Å². The van der Waals surface area contributed by atoms with Crippen molar-refractivity contribution in [3.05, 3.63) is 46.5 Å². The third-order valence-corrected chi connectivity index (χ3v) is 6.59. The first-order chi connectivity index (χ1) is 12.7. The second kappa shape index (κ2) is 8.05. The van der Waals surface area contributed by atoms with Crippen LogP contribution in [-0.4, -0.2) is 67.8 Å². The van der Waals surface area contributed by atoms with E-state index in [1.54, 1.807) is 0 Å². The summed E-state index contributed by atoms with van der Waals surface area (Å²) in [5.74, 6) is 0. The Morgan fingerprint density at radius 2 is 1.88 bits per heavy atom. The van der Waals surface area contributed by atoms with E-state index in [2.05, 4.69) is 59.0 Å². The maximum absolute atomic E-state index is 5.48. The van der Waals surface area contributed by atoms with Gasteiger partial charge in [0.2, 0.25) is 0 Å². The average Bonchev–Trinajstić information content (AvgIpc) is 3.05. The zero-order chi connectivity index (χ0) is 17.9. The molecule has 1 unspecified atom stereocenters. The molecule has 3 heterocycles. The summed E-state index contributed by atoms with van der Waals surface area (Å²) in [5, 5.41) is 1.16. The number of aryl methyl sites for hydroxylation is 1. The van der Waals surface area contributed by atoms with E-state index in [-0.39, 0.29) is 0 Å². The van der Waals surface area contributed by atoms with Crippen molar-refractivity contribution in [3.8, 4) is 0 Å². The molecule has 5 nitrogen and oxygen atoms in total. The number of morpholine rings is 1. The SMILES string of the molecule is Cc1nc(N2CCOCC2)sc1CN1CCN(C)CC1c1ccccc1. The number of hydrogen-bond donors (Lipinski definition) is 0. The fraction of sp³-hybridized carbons (Fsp3) is 0.550. The van der Waals surface area contributed by atoms with Crippen LogP contribution in [0.25, 0.3) is 0 Å². The zero-order valence-electron chi connectivity index (χ0n) is 15.7. The molecule has 0 spiro atoms. The Kier molecular flexibility index (Phi) is 5.55. The van der Waals surface area contributed by atoms with E-state index >= 15 is 0 Å². The lowest BCUT2D eigenvalue weighted by Gasteiger charge is -2.40. The predicted molar refractivity (Wildman–Crippen MR) is 107 cm³/mol. The van der Waals surface area contributed by atoms with E-state index in [0.717, 1.165) is 57.6 Å². The minimum atomic E-state index is 0.447. The normalized spacial score (nSPS) is 22.7. The maximum atomic E-state index is 5.48. The second-order valence-electron chi connectivity index (χ2n) is 7.26. The van der Waals surface area contributed by atoms with Crippen molar-refractivity contribution in [2.24, 2.45) is 0 Å². The van der Waals surface area contributed by atoms with E-state index in [1.807, 2.05) is 11.3 Å². The summed E-state index contributed by atoms with van der Waals surface area (Å²) in [6.45, 7) is 9.96. The van der Waals surface area contributed by atoms with Crippen molar-refractivity contribution in [2.75, 3.05) is 57.9 Å². The van der Waals surface area contributed by atoms with Crippen LogP contribution in [0.5, 0.6) is 0 Å². The highest BCUT2D eigenvalue weighted by atomic mass is 32.1. The van der Waals surface area contributed by atoms with Crippen LogP contribution in [0.15, 0.2) is 30.3 Å². The van der Waals surface area contributed by atoms with Gasteiger partial charge in [0.25, 0.3) is 0 Å². The maximum Gasteiger partial charge on any atom is 0.185 e. The van der Waals surface area contributed by atoms with Crippen molar-refractivity contribution in [1.29, 1.82) is 0 Å². The largest absolute Gasteiger partial charge is 0.378 e. The molecule has 2 aliphatic rings. The van der Waals surface area contributed by atoms with Crippen LogP contribution in [0.3, 0.4) is 0 Å². The van der Waals surface area contributed by atoms with Crippen LogP contribution in [0.1, 0.15) is 22.2 Å². The molecule has 26 heavy (non-hydrogen) atoms. The minimum Gasteiger partial charge on any atom is -0.378 e. The van der Waals surface area contributed by atoms with Gasteiger partial charge < -0.3 is 14.5 Å². The average molecular weight is 373 g/mol. The molecule has 6 heteroatoms. The predicted octanol–water partition coefficient (Wildman–Crippen LogP) is 2.78. The molecule has 2 fully saturated rings. The van der Waals surface area contributed by atoms with Crippen LogP contribution in [-0.2, 0) is 11.3 Å². The number of anilines is 1. The fourth-order valence-corrected chi connectivity index (χ4v) is 4.91. The third kappa shape index (κ3) is 3.93. The number of likely N-dealkylation sites (N-methyl/N-ethyl adjacent to an activating group) is 1. The van der Waals surface area contributed by atoms with Crippen LogP contribution < -0.4 is 4.90 Å². The number of aromatic nitrogens is 1. The number of nitrogens with zero attached hydrogens (tertiary/aromatic N) is 4. The van der Waals surface area contributed by atoms with Crippen LogP contribution in [0.2, 0.25) is 0 Å². The number of thiazole rings is 1. The number of hydrogen-bond acceptors (Lipinski definition) is 6. The van der Waals surface area contributed by atoms with Crippen molar-refractivity contribution in [2.45, 2.75) is 19.5 Å². The van der Waals surface area contributed by atoms with Crippen molar-refractivity contribution >= 4 is 16.5 Å². The highest BCUT2D eigenvalue weighted by molar-refractivity contribution is 7.15. The molecule has 0 radical (unpaired) electrons. The molecule has 1 aromatic carbocycles. The second-order valence-corrected chi connectivity index (χ2v) is 8.33. The van der Waals surface area contributed by atoms with Gasteiger partial charge in [0.1, 0.15) is 0 Å². The monoisotopic (exact) mass is 372 g/mol. The van der Waals surface area contributed by atoms with E-state index in [1.165, 1.54) is 16.1 Å². The number of ether oxygens (including phenoxy) is 1. The standard InChI is InChI=1S/C20H28N4OS/c1-16-19(26-20(21-16)23-10-12-25-13-11-23)15-24-9-8-22(2)14-18(24)17-6-4-3-5-7-17/h3-7,18H,8-15H2,1-2H3. The molecule has 0 N–H and O–H groups in total. The van der Waals surface area contributed by atoms with Gasteiger partial charge in [-0.25, -0.2) is 4.98 Å². The lowest BCUT2D eigenvalue weighted by molar-refractivity contribution is 0.0840. The molecule has 2 saturated heterocycles. The molecule has 140 valence electrons. The Hall–Kier alpha value is -1.47. The van der Waals surface area contributed by atoms with Crippen molar-refractivity contribution in [3.63, 3.8) is 0 Å². The Morgan fingerprint density at radius 3 is 2.65 bits per heavy atom. The molecular weight excluding hydrogens is 344 g/mol. The summed E-state index contributed by atoms with van der Waals surface area (Å²) in [6.07, 6.45) is 0. The molecule has 2 aliphatic heterocycles. The first-order valence-electron chi connectivity index (χ1n) is 9.47. The van der Waals surface area contributed by atoms with Crippen molar-refractivity contribution in [1.82, 2.24) is 14.8 Å². The molecular formula is C20H28N4OS. The Balaban J connectivity index is 1.52. The van der Waals surface area contributed by atoms with Gasteiger partial charge in [0.05, 0.1) is 18.9 Å². The van der Waals surface area contributed by atoms with Gasteiger partial charge in [0, 0.05) is 50.2 Å². The number of piperazine rings is 1. The van der Waals surface area contributed by atoms with E-state index in [9.17, 15) is 0 Å². The summed E-state index contributed by atoms with van der Waals surface area (Å²) in [6, 6.07) is 11.4. The van der Waals surface area contributed by atoms with E-state index in [4.69, 9.17) is 9.72 Å². The van der Waals surface area contributed by atoms with Crippen LogP contribution in [0, 0.1) is 6.92 Å². The smallest absolute Gasteiger partial charge is 0.185 e. The molecule has 1 atom stereocenters. The summed E-state index contributed by atoms with van der Waals surface area (Å²) < 4.78 is 5.48. The Morgan fingerprint density at radius 1 is 1.12 bits per heavy atom. The summed E-state index contributed by atoms with van der Waals surface area (Å²) in [5.41, 5.74) is 2.59. The highest BCUT2D eigenvalue weighted by Gasteiger charge is 2.28. The lowest BCUT2D eigenvalue weighted by atomic mass is 10.0. The van der Waals surface area contributed by atoms with Crippen LogP contribution >= 0.6 is 11.3 Å². The Labute approximate surface area is 160 Å². The van der Waals surface area contributed by atoms with Crippen molar-refractivity contribution < 1.29 is 4.74 Å². The molecule has 0 saturated carbocycles. The van der Waals surface area contributed by atoms with E-state index < -0.39 is 0 Å².